The van der Waals surface area contributed by atoms with Crippen LogP contribution in [0.3, 0.4) is 0 Å². The van der Waals surface area contributed by atoms with Crippen LogP contribution >= 0.6 is 0 Å². The molecule has 5 heteroatoms. The maximum Gasteiger partial charge on any atom is 0.255 e. The number of para-hydroxylation sites is 1. The van der Waals surface area contributed by atoms with Crippen LogP contribution in [0.5, 0.6) is 0 Å². The molecule has 2 amide bonds. The van der Waals surface area contributed by atoms with E-state index in [2.05, 4.69) is 16.3 Å². The third-order valence-electron chi connectivity index (χ3n) is 5.77. The fraction of sp³-hybridized carbons (Fsp3) is 0.619. The molecule has 5 nitrogen and oxygen atoms in total. The Kier molecular flexibility index (Phi) is 6.17. The summed E-state index contributed by atoms with van der Waals surface area (Å²) in [7, 11) is 0. The maximum atomic E-state index is 12.9. The molecule has 1 unspecified atom stereocenters. The second kappa shape index (κ2) is 8.56. The third-order valence-corrected chi connectivity index (χ3v) is 5.77. The Balaban J connectivity index is 1.63. The molecule has 0 aliphatic carbocycles. The van der Waals surface area contributed by atoms with Crippen LogP contribution in [0.2, 0.25) is 0 Å². The number of carbonyl (C=O) groups excluding carboxylic acids is 2. The Labute approximate surface area is 156 Å². The number of nitrogens with one attached hydrogen (secondary N) is 1. The van der Waals surface area contributed by atoms with Crippen LogP contribution < -0.4 is 10.2 Å². The van der Waals surface area contributed by atoms with Crippen molar-refractivity contribution in [1.82, 2.24) is 10.2 Å². The second-order valence-corrected chi connectivity index (χ2v) is 7.60. The number of nitrogens with zero attached hydrogens (tertiary/aromatic N) is 2. The summed E-state index contributed by atoms with van der Waals surface area (Å²) in [6.07, 6.45) is 4.93. The van der Waals surface area contributed by atoms with Crippen molar-refractivity contribution in [3.8, 4) is 0 Å². The summed E-state index contributed by atoms with van der Waals surface area (Å²) < 4.78 is 0. The topological polar surface area (TPSA) is 52.7 Å². The first-order chi connectivity index (χ1) is 12.6. The molecule has 2 aliphatic heterocycles. The average Bonchev–Trinajstić information content (AvgIpc) is 3.22. The zero-order valence-corrected chi connectivity index (χ0v) is 16.0. The Morgan fingerprint density at radius 3 is 2.42 bits per heavy atom. The minimum absolute atomic E-state index is 0.0758. The first kappa shape index (κ1) is 18.7. The molecule has 1 aromatic carbocycles. The maximum absolute atomic E-state index is 12.9. The van der Waals surface area contributed by atoms with Crippen LogP contribution in [0, 0.1) is 5.92 Å². The number of piperidine rings is 1. The first-order valence-electron chi connectivity index (χ1n) is 10.0. The molecular formula is C21H31N3O2. The lowest BCUT2D eigenvalue weighted by atomic mass is 10.0. The van der Waals surface area contributed by atoms with Gasteiger partial charge in [-0.2, -0.15) is 0 Å². The van der Waals surface area contributed by atoms with Gasteiger partial charge in [0.25, 0.3) is 5.91 Å². The minimum Gasteiger partial charge on any atom is -0.371 e. The molecule has 0 bridgehead atoms. The van der Waals surface area contributed by atoms with Gasteiger partial charge in [0, 0.05) is 43.8 Å². The van der Waals surface area contributed by atoms with Crippen molar-refractivity contribution >= 4 is 17.5 Å². The molecule has 1 atom stereocenters. The van der Waals surface area contributed by atoms with Crippen molar-refractivity contribution in [2.75, 3.05) is 31.1 Å². The number of hydrogen-bond acceptors (Lipinski definition) is 3. The van der Waals surface area contributed by atoms with Gasteiger partial charge >= 0.3 is 0 Å². The van der Waals surface area contributed by atoms with Crippen LogP contribution in [0.4, 0.5) is 5.69 Å². The van der Waals surface area contributed by atoms with Gasteiger partial charge in [0.1, 0.15) is 0 Å². The van der Waals surface area contributed by atoms with Crippen LogP contribution in [-0.2, 0) is 4.79 Å². The molecule has 2 heterocycles. The Morgan fingerprint density at radius 2 is 1.77 bits per heavy atom. The molecule has 3 rings (SSSR count). The van der Waals surface area contributed by atoms with Gasteiger partial charge in [-0.15, -0.1) is 0 Å². The smallest absolute Gasteiger partial charge is 0.255 e. The minimum atomic E-state index is 0.0758. The summed E-state index contributed by atoms with van der Waals surface area (Å²) in [5.41, 5.74) is 1.85. The molecular weight excluding hydrogens is 326 g/mol. The number of rotatable bonds is 5. The number of amides is 2. The lowest BCUT2D eigenvalue weighted by Gasteiger charge is -2.35. The summed E-state index contributed by atoms with van der Waals surface area (Å²) in [4.78, 5) is 29.3. The highest BCUT2D eigenvalue weighted by Gasteiger charge is 2.27. The monoisotopic (exact) mass is 357 g/mol. The zero-order valence-electron chi connectivity index (χ0n) is 16.0. The van der Waals surface area contributed by atoms with Gasteiger partial charge in [0.2, 0.25) is 5.91 Å². The van der Waals surface area contributed by atoms with E-state index < -0.39 is 0 Å². The molecule has 2 fully saturated rings. The summed E-state index contributed by atoms with van der Waals surface area (Å²) in [5.74, 6) is 0.396. The van der Waals surface area contributed by atoms with E-state index in [1.165, 1.54) is 0 Å². The van der Waals surface area contributed by atoms with E-state index in [9.17, 15) is 9.59 Å². The van der Waals surface area contributed by atoms with E-state index in [1.807, 2.05) is 36.9 Å². The number of likely N-dealkylation sites (tertiary alicyclic amines) is 1. The lowest BCUT2D eigenvalue weighted by molar-refractivity contribution is -0.125. The highest BCUT2D eigenvalue weighted by Crippen LogP contribution is 2.26. The van der Waals surface area contributed by atoms with Crippen LogP contribution in [0.1, 0.15) is 56.3 Å². The SMILES string of the molecule is CCC(C)C(=O)NC1CCN(c2ccccc2C(=O)N2CCCC2)CC1. The normalized spacial score (nSPS) is 19.5. The number of benzene rings is 1. The fourth-order valence-electron chi connectivity index (χ4n) is 3.81. The van der Waals surface area contributed by atoms with Crippen LogP contribution in [-0.4, -0.2) is 48.9 Å². The quantitative estimate of drug-likeness (QED) is 0.881. The summed E-state index contributed by atoms with van der Waals surface area (Å²) >= 11 is 0. The van der Waals surface area contributed by atoms with Crippen molar-refractivity contribution in [2.24, 2.45) is 5.92 Å². The van der Waals surface area contributed by atoms with Gasteiger partial charge in [0.15, 0.2) is 0 Å². The Bertz CT molecular complexity index is 632. The first-order valence-corrected chi connectivity index (χ1v) is 10.0. The fourth-order valence-corrected chi connectivity index (χ4v) is 3.81. The molecule has 142 valence electrons. The zero-order chi connectivity index (χ0) is 18.5. The van der Waals surface area contributed by atoms with E-state index in [4.69, 9.17) is 0 Å². The summed E-state index contributed by atoms with van der Waals surface area (Å²) in [6, 6.07) is 8.21. The van der Waals surface area contributed by atoms with Gasteiger partial charge in [-0.25, -0.2) is 0 Å². The van der Waals surface area contributed by atoms with Crippen LogP contribution in [0.15, 0.2) is 24.3 Å². The molecule has 2 saturated heterocycles. The van der Waals surface area contributed by atoms with Crippen LogP contribution in [0.25, 0.3) is 0 Å². The third kappa shape index (κ3) is 4.19. The lowest BCUT2D eigenvalue weighted by Crippen LogP contribution is -2.46. The molecule has 2 aliphatic rings. The number of hydrogen-bond donors (Lipinski definition) is 1. The largest absolute Gasteiger partial charge is 0.371 e. The van der Waals surface area contributed by atoms with Crippen molar-refractivity contribution < 1.29 is 9.59 Å². The van der Waals surface area contributed by atoms with Gasteiger partial charge in [0.05, 0.1) is 5.56 Å². The van der Waals surface area contributed by atoms with Gasteiger partial charge in [-0.05, 0) is 44.2 Å². The predicted molar refractivity (Wildman–Crippen MR) is 104 cm³/mol. The van der Waals surface area contributed by atoms with Crippen molar-refractivity contribution in [3.63, 3.8) is 0 Å². The highest BCUT2D eigenvalue weighted by atomic mass is 16.2. The number of carbonyl (C=O) groups is 2. The number of anilines is 1. The second-order valence-electron chi connectivity index (χ2n) is 7.60. The standard InChI is InChI=1S/C21H31N3O2/c1-3-16(2)20(25)22-17-10-14-23(15-11-17)19-9-5-4-8-18(19)21(26)24-12-6-7-13-24/h4-5,8-9,16-17H,3,6-7,10-15H2,1-2H3,(H,22,25). The summed E-state index contributed by atoms with van der Waals surface area (Å²) in [6.45, 7) is 7.51. The van der Waals surface area contributed by atoms with Crippen molar-refractivity contribution in [1.29, 1.82) is 0 Å². The van der Waals surface area contributed by atoms with Gasteiger partial charge < -0.3 is 15.1 Å². The molecule has 0 saturated carbocycles. The molecule has 26 heavy (non-hydrogen) atoms. The van der Waals surface area contributed by atoms with E-state index >= 15 is 0 Å². The average molecular weight is 357 g/mol. The van der Waals surface area contributed by atoms with E-state index in [1.54, 1.807) is 0 Å². The van der Waals surface area contributed by atoms with E-state index in [0.717, 1.165) is 69.5 Å². The Hall–Kier alpha value is -2.04. The van der Waals surface area contributed by atoms with Crippen molar-refractivity contribution in [2.45, 2.75) is 52.0 Å². The molecule has 1 N–H and O–H groups in total. The van der Waals surface area contributed by atoms with Crippen molar-refractivity contribution in [3.05, 3.63) is 29.8 Å². The highest BCUT2D eigenvalue weighted by molar-refractivity contribution is 6.00. The van der Waals surface area contributed by atoms with E-state index in [0.29, 0.717) is 0 Å². The molecule has 0 spiro atoms. The molecule has 0 radical (unpaired) electrons. The summed E-state index contributed by atoms with van der Waals surface area (Å²) in [5, 5.41) is 3.18. The Morgan fingerprint density at radius 1 is 1.12 bits per heavy atom. The van der Waals surface area contributed by atoms with E-state index in [-0.39, 0.29) is 23.8 Å². The van der Waals surface area contributed by atoms with Gasteiger partial charge in [-0.3, -0.25) is 9.59 Å². The van der Waals surface area contributed by atoms with Gasteiger partial charge in [-0.1, -0.05) is 26.0 Å². The molecule has 1 aromatic rings. The predicted octanol–water partition coefficient (Wildman–Crippen LogP) is 3.05. The molecule has 0 aromatic heterocycles.